The van der Waals surface area contributed by atoms with Gasteiger partial charge in [0.1, 0.15) is 17.2 Å². The van der Waals surface area contributed by atoms with Crippen LogP contribution in [0.4, 0.5) is 0 Å². The molecule has 0 atom stereocenters. The average Bonchev–Trinajstić information content (AvgIpc) is 3.21. The van der Waals surface area contributed by atoms with E-state index in [1.807, 2.05) is 24.4 Å². The molecule has 0 saturated carbocycles. The zero-order valence-electron chi connectivity index (χ0n) is 13.2. The normalized spacial score (nSPS) is 10.7. The number of carbonyl (C=O) groups excluding carboxylic acids is 1. The van der Waals surface area contributed by atoms with Crippen LogP contribution in [0, 0.1) is 6.92 Å². The smallest absolute Gasteiger partial charge is 0.258 e. The van der Waals surface area contributed by atoms with Crippen molar-refractivity contribution in [3.8, 4) is 17.2 Å². The van der Waals surface area contributed by atoms with Crippen molar-refractivity contribution in [1.82, 2.24) is 10.3 Å². The Balaban J connectivity index is 1.50. The Labute approximate surface area is 162 Å². The maximum atomic E-state index is 11.9. The molecule has 2 heterocycles. The fraction of sp³-hybridized carbons (Fsp3) is 0.176. The van der Waals surface area contributed by atoms with Crippen molar-refractivity contribution in [1.29, 1.82) is 0 Å². The number of aryl methyl sites for hydroxylation is 1. The van der Waals surface area contributed by atoms with Gasteiger partial charge in [-0.2, -0.15) is 0 Å². The standard InChI is InChI=1S/C17H14BrClN2O3S/c1-10-21-14(9-25-10)16-5-3-12(24-16)7-20-17(22)8-23-15-4-2-11(18)6-13(15)19/h2-6,9H,7-8H2,1H3,(H,20,22). The van der Waals surface area contributed by atoms with Crippen molar-refractivity contribution >= 4 is 44.8 Å². The molecule has 0 aliphatic heterocycles. The summed E-state index contributed by atoms with van der Waals surface area (Å²) in [6, 6.07) is 8.86. The minimum atomic E-state index is -0.263. The predicted octanol–water partition coefficient (Wildman–Crippen LogP) is 4.82. The number of rotatable bonds is 6. The molecule has 0 aliphatic carbocycles. The highest BCUT2D eigenvalue weighted by atomic mass is 79.9. The lowest BCUT2D eigenvalue weighted by molar-refractivity contribution is -0.123. The molecule has 1 amide bonds. The largest absolute Gasteiger partial charge is 0.482 e. The van der Waals surface area contributed by atoms with Crippen LogP contribution in [0.3, 0.4) is 0 Å². The van der Waals surface area contributed by atoms with Crippen LogP contribution in [0.15, 0.2) is 44.6 Å². The summed E-state index contributed by atoms with van der Waals surface area (Å²) in [5.74, 6) is 1.53. The number of ether oxygens (including phenoxy) is 1. The van der Waals surface area contributed by atoms with Crippen LogP contribution in [-0.2, 0) is 11.3 Å². The van der Waals surface area contributed by atoms with Crippen LogP contribution in [0.25, 0.3) is 11.5 Å². The van der Waals surface area contributed by atoms with E-state index in [1.54, 1.807) is 29.5 Å². The molecule has 8 heteroatoms. The van der Waals surface area contributed by atoms with Gasteiger partial charge in [-0.3, -0.25) is 4.79 Å². The summed E-state index contributed by atoms with van der Waals surface area (Å²) in [5.41, 5.74) is 0.799. The van der Waals surface area contributed by atoms with Gasteiger partial charge in [0.2, 0.25) is 0 Å². The topological polar surface area (TPSA) is 64.4 Å². The van der Waals surface area contributed by atoms with Gasteiger partial charge in [0.15, 0.2) is 12.4 Å². The molecular formula is C17H14BrClN2O3S. The number of nitrogens with zero attached hydrogens (tertiary/aromatic N) is 1. The summed E-state index contributed by atoms with van der Waals surface area (Å²) in [5, 5.41) is 6.10. The Kier molecular flexibility index (Phi) is 5.78. The second-order valence-electron chi connectivity index (χ2n) is 5.16. The second-order valence-corrected chi connectivity index (χ2v) is 7.54. The van der Waals surface area contributed by atoms with Crippen LogP contribution in [0.1, 0.15) is 10.8 Å². The first-order valence-electron chi connectivity index (χ1n) is 7.37. The Morgan fingerprint density at radius 2 is 2.24 bits per heavy atom. The molecular weight excluding hydrogens is 428 g/mol. The number of thiazole rings is 1. The van der Waals surface area contributed by atoms with E-state index in [2.05, 4.69) is 26.2 Å². The molecule has 0 fully saturated rings. The van der Waals surface area contributed by atoms with Gasteiger partial charge in [0, 0.05) is 9.85 Å². The van der Waals surface area contributed by atoms with Crippen LogP contribution >= 0.6 is 38.9 Å². The van der Waals surface area contributed by atoms with Gasteiger partial charge in [-0.05, 0) is 37.3 Å². The fourth-order valence-corrected chi connectivity index (χ4v) is 3.39. The molecule has 1 aromatic carbocycles. The Hall–Kier alpha value is -1.83. The second kappa shape index (κ2) is 8.03. The highest BCUT2D eigenvalue weighted by molar-refractivity contribution is 9.10. The molecule has 5 nitrogen and oxygen atoms in total. The summed E-state index contributed by atoms with van der Waals surface area (Å²) < 4.78 is 12.0. The van der Waals surface area contributed by atoms with Crippen molar-refractivity contribution in [2.24, 2.45) is 0 Å². The number of hydrogen-bond acceptors (Lipinski definition) is 5. The third-order valence-corrected chi connectivity index (χ3v) is 4.81. The number of benzene rings is 1. The van der Waals surface area contributed by atoms with Crippen molar-refractivity contribution in [3.63, 3.8) is 0 Å². The summed E-state index contributed by atoms with van der Waals surface area (Å²) in [6.07, 6.45) is 0. The molecule has 2 aromatic heterocycles. The zero-order valence-corrected chi connectivity index (χ0v) is 16.4. The van der Waals surface area contributed by atoms with E-state index >= 15 is 0 Å². The first-order valence-corrected chi connectivity index (χ1v) is 9.42. The highest BCUT2D eigenvalue weighted by Gasteiger charge is 2.10. The van der Waals surface area contributed by atoms with Gasteiger partial charge >= 0.3 is 0 Å². The van der Waals surface area contributed by atoms with Crippen molar-refractivity contribution < 1.29 is 13.9 Å². The summed E-state index contributed by atoms with van der Waals surface area (Å²) >= 11 is 10.9. The van der Waals surface area contributed by atoms with Crippen LogP contribution in [-0.4, -0.2) is 17.5 Å². The molecule has 0 spiro atoms. The van der Waals surface area contributed by atoms with E-state index in [0.29, 0.717) is 22.3 Å². The number of amides is 1. The molecule has 0 unspecified atom stereocenters. The van der Waals surface area contributed by atoms with E-state index in [0.717, 1.165) is 15.2 Å². The monoisotopic (exact) mass is 440 g/mol. The van der Waals surface area contributed by atoms with Crippen molar-refractivity contribution in [3.05, 3.63) is 56.0 Å². The van der Waals surface area contributed by atoms with Crippen LogP contribution in [0.2, 0.25) is 5.02 Å². The van der Waals surface area contributed by atoms with Gasteiger partial charge in [-0.15, -0.1) is 11.3 Å². The zero-order chi connectivity index (χ0) is 17.8. The summed E-state index contributed by atoms with van der Waals surface area (Å²) in [4.78, 5) is 16.3. The molecule has 1 N–H and O–H groups in total. The summed E-state index contributed by atoms with van der Waals surface area (Å²) in [6.45, 7) is 2.09. The quantitative estimate of drug-likeness (QED) is 0.595. The lowest BCUT2D eigenvalue weighted by atomic mass is 10.3. The Bertz CT molecular complexity index is 894. The maximum Gasteiger partial charge on any atom is 0.258 e. The van der Waals surface area contributed by atoms with Gasteiger partial charge < -0.3 is 14.5 Å². The van der Waals surface area contributed by atoms with Crippen LogP contribution in [0.5, 0.6) is 5.75 Å². The number of carbonyl (C=O) groups is 1. The predicted molar refractivity (Wildman–Crippen MR) is 101 cm³/mol. The van der Waals surface area contributed by atoms with Crippen molar-refractivity contribution in [2.75, 3.05) is 6.61 Å². The third kappa shape index (κ3) is 4.84. The third-order valence-electron chi connectivity index (χ3n) is 3.25. The Morgan fingerprint density at radius 3 is 2.96 bits per heavy atom. The van der Waals surface area contributed by atoms with Gasteiger partial charge in [-0.25, -0.2) is 4.98 Å². The molecule has 3 rings (SSSR count). The highest BCUT2D eigenvalue weighted by Crippen LogP contribution is 2.27. The van der Waals surface area contributed by atoms with E-state index in [-0.39, 0.29) is 19.1 Å². The first kappa shape index (κ1) is 18.0. The average molecular weight is 442 g/mol. The molecule has 130 valence electrons. The maximum absolute atomic E-state index is 11.9. The van der Waals surface area contributed by atoms with E-state index < -0.39 is 0 Å². The lowest BCUT2D eigenvalue weighted by Crippen LogP contribution is -2.28. The Morgan fingerprint density at radius 1 is 1.40 bits per heavy atom. The minimum absolute atomic E-state index is 0.125. The number of furan rings is 1. The number of hydrogen-bond donors (Lipinski definition) is 1. The number of halogens is 2. The van der Waals surface area contributed by atoms with E-state index in [1.165, 1.54) is 0 Å². The van der Waals surface area contributed by atoms with Crippen LogP contribution < -0.4 is 10.1 Å². The first-order chi connectivity index (χ1) is 12.0. The van der Waals surface area contributed by atoms with E-state index in [4.69, 9.17) is 20.8 Å². The summed E-state index contributed by atoms with van der Waals surface area (Å²) in [7, 11) is 0. The molecule has 0 radical (unpaired) electrons. The molecule has 0 bridgehead atoms. The fourth-order valence-electron chi connectivity index (χ4n) is 2.06. The number of nitrogens with one attached hydrogen (secondary N) is 1. The SMILES string of the molecule is Cc1nc(-c2ccc(CNC(=O)COc3ccc(Br)cc3Cl)o2)cs1. The van der Waals surface area contributed by atoms with Gasteiger partial charge in [-0.1, -0.05) is 27.5 Å². The molecule has 3 aromatic rings. The van der Waals surface area contributed by atoms with Gasteiger partial charge in [0.25, 0.3) is 5.91 Å². The molecule has 25 heavy (non-hydrogen) atoms. The van der Waals surface area contributed by atoms with Gasteiger partial charge in [0.05, 0.1) is 16.6 Å². The lowest BCUT2D eigenvalue weighted by Gasteiger charge is -2.08. The van der Waals surface area contributed by atoms with E-state index in [9.17, 15) is 4.79 Å². The molecule has 0 saturated heterocycles. The minimum Gasteiger partial charge on any atom is -0.482 e. The van der Waals surface area contributed by atoms with Crippen molar-refractivity contribution in [2.45, 2.75) is 13.5 Å². The molecule has 0 aliphatic rings. The number of aromatic nitrogens is 1.